The molecule has 0 aliphatic heterocycles. The quantitative estimate of drug-likeness (QED) is 0.216. The molecule has 0 saturated carbocycles. The van der Waals surface area contributed by atoms with Crippen LogP contribution in [-0.2, 0) is 27.7 Å². The molecule has 14 heteroatoms. The standard InChI is InChI=1S/C10H9NO6.C8H9NO6/c1-2-17-10(14)8-6(9(12)13)4-3-5-7(8)11(15)16;10-9(11)8-3-1-2-6(4-14-12)7(8)5-15-13/h3-5H,2H2,1H3,(H,12,13);1-3,12-13H,4-5H2. The summed E-state index contributed by atoms with van der Waals surface area (Å²) in [7, 11) is 0. The molecule has 2 rings (SSSR count). The highest BCUT2D eigenvalue weighted by Gasteiger charge is 2.28. The molecule has 32 heavy (non-hydrogen) atoms. The molecule has 0 fully saturated rings. The van der Waals surface area contributed by atoms with Gasteiger partial charge in [0.05, 0.1) is 27.6 Å². The first-order valence-electron chi connectivity index (χ1n) is 8.65. The summed E-state index contributed by atoms with van der Waals surface area (Å²) in [6.07, 6.45) is 0. The molecule has 0 amide bonds. The molecule has 0 atom stereocenters. The number of rotatable bonds is 9. The van der Waals surface area contributed by atoms with Crippen LogP contribution >= 0.6 is 0 Å². The molecule has 2 aromatic rings. The van der Waals surface area contributed by atoms with Crippen molar-refractivity contribution in [3.8, 4) is 0 Å². The summed E-state index contributed by atoms with van der Waals surface area (Å²) in [5.74, 6) is -2.44. The van der Waals surface area contributed by atoms with Crippen LogP contribution in [0.1, 0.15) is 38.8 Å². The van der Waals surface area contributed by atoms with Crippen molar-refractivity contribution in [2.75, 3.05) is 6.61 Å². The van der Waals surface area contributed by atoms with Crippen molar-refractivity contribution in [2.45, 2.75) is 20.1 Å². The Morgan fingerprint density at radius 2 is 1.50 bits per heavy atom. The first kappa shape index (κ1) is 26.1. The summed E-state index contributed by atoms with van der Waals surface area (Å²) < 4.78 is 4.60. The van der Waals surface area contributed by atoms with Crippen molar-refractivity contribution in [3.05, 3.63) is 78.9 Å². The Hall–Kier alpha value is -3.98. The number of carbonyl (C=O) groups is 2. The first-order valence-corrected chi connectivity index (χ1v) is 8.65. The minimum atomic E-state index is -1.42. The van der Waals surface area contributed by atoms with Gasteiger partial charge in [-0.25, -0.2) is 19.4 Å². The fourth-order valence-corrected chi connectivity index (χ4v) is 2.52. The van der Waals surface area contributed by atoms with Crippen LogP contribution in [0.4, 0.5) is 11.4 Å². The molecule has 14 nitrogen and oxygen atoms in total. The lowest BCUT2D eigenvalue weighted by molar-refractivity contribution is -0.387. The average molecular weight is 454 g/mol. The summed E-state index contributed by atoms with van der Waals surface area (Å²) in [5, 5.41) is 46.7. The maximum Gasteiger partial charge on any atom is 0.346 e. The molecule has 0 aliphatic rings. The molecule has 0 spiro atoms. The fraction of sp³-hybridized carbons (Fsp3) is 0.222. The molecule has 0 heterocycles. The number of hydrogen-bond donors (Lipinski definition) is 3. The highest BCUT2D eigenvalue weighted by Crippen LogP contribution is 2.24. The second-order valence-electron chi connectivity index (χ2n) is 5.70. The van der Waals surface area contributed by atoms with Crippen LogP contribution in [0.25, 0.3) is 0 Å². The number of benzene rings is 2. The maximum atomic E-state index is 11.5. The Morgan fingerprint density at radius 1 is 0.938 bits per heavy atom. The Labute approximate surface area is 179 Å². The second-order valence-corrected chi connectivity index (χ2v) is 5.70. The third kappa shape index (κ3) is 6.78. The Bertz CT molecular complexity index is 960. The van der Waals surface area contributed by atoms with Crippen LogP contribution in [0.15, 0.2) is 36.4 Å². The predicted molar refractivity (Wildman–Crippen MR) is 104 cm³/mol. The van der Waals surface area contributed by atoms with E-state index < -0.39 is 38.6 Å². The van der Waals surface area contributed by atoms with E-state index in [9.17, 15) is 29.8 Å². The van der Waals surface area contributed by atoms with E-state index in [0.717, 1.165) is 12.1 Å². The summed E-state index contributed by atoms with van der Waals surface area (Å²) in [6.45, 7) is 0.979. The first-order chi connectivity index (χ1) is 15.2. The number of esters is 1. The van der Waals surface area contributed by atoms with Crippen LogP contribution in [0.3, 0.4) is 0 Å². The number of nitro groups is 2. The molecular weight excluding hydrogens is 436 g/mol. The van der Waals surface area contributed by atoms with E-state index in [2.05, 4.69) is 14.5 Å². The molecule has 0 aliphatic carbocycles. The molecule has 0 radical (unpaired) electrons. The van der Waals surface area contributed by atoms with Crippen molar-refractivity contribution in [2.24, 2.45) is 0 Å². The highest BCUT2D eigenvalue weighted by molar-refractivity contribution is 6.05. The van der Waals surface area contributed by atoms with Gasteiger partial charge in [-0.2, -0.15) is 0 Å². The van der Waals surface area contributed by atoms with Gasteiger partial charge in [-0.15, -0.1) is 0 Å². The zero-order valence-corrected chi connectivity index (χ0v) is 16.5. The topological polar surface area (TPSA) is 209 Å². The monoisotopic (exact) mass is 454 g/mol. The van der Waals surface area contributed by atoms with E-state index in [0.29, 0.717) is 5.56 Å². The lowest BCUT2D eigenvalue weighted by Gasteiger charge is -2.06. The minimum absolute atomic E-state index is 0.00391. The highest BCUT2D eigenvalue weighted by atomic mass is 17.1. The Balaban J connectivity index is 0.000000323. The van der Waals surface area contributed by atoms with Crippen LogP contribution in [-0.4, -0.2) is 44.0 Å². The van der Waals surface area contributed by atoms with Gasteiger partial charge in [0.15, 0.2) is 5.56 Å². The number of carbonyl (C=O) groups excluding carboxylic acids is 1. The van der Waals surface area contributed by atoms with E-state index in [1.165, 1.54) is 31.2 Å². The number of aromatic carboxylic acids is 1. The molecule has 3 N–H and O–H groups in total. The van der Waals surface area contributed by atoms with E-state index in [1.807, 2.05) is 0 Å². The van der Waals surface area contributed by atoms with Gasteiger partial charge in [0.25, 0.3) is 11.4 Å². The van der Waals surface area contributed by atoms with Crippen LogP contribution in [0.2, 0.25) is 0 Å². The van der Waals surface area contributed by atoms with Crippen molar-refractivity contribution < 1.29 is 49.6 Å². The van der Waals surface area contributed by atoms with Crippen LogP contribution < -0.4 is 0 Å². The zero-order chi connectivity index (χ0) is 24.3. The van der Waals surface area contributed by atoms with Crippen molar-refractivity contribution in [1.82, 2.24) is 0 Å². The molecule has 0 saturated heterocycles. The SMILES string of the molecule is CCOC(=O)c1c(C(=O)O)cccc1[N+](=O)[O-].O=[N+]([O-])c1cccc(COO)c1COO. The predicted octanol–water partition coefficient (Wildman–Crippen LogP) is 3.04. The van der Waals surface area contributed by atoms with Crippen LogP contribution in [0, 0.1) is 20.2 Å². The number of carboxylic acid groups (broad SMARTS) is 1. The van der Waals surface area contributed by atoms with Gasteiger partial charge in [-0.1, -0.05) is 18.2 Å². The summed E-state index contributed by atoms with van der Waals surface area (Å²) in [6, 6.07) is 7.62. The van der Waals surface area contributed by atoms with Gasteiger partial charge in [0.1, 0.15) is 13.2 Å². The van der Waals surface area contributed by atoms with E-state index in [-0.39, 0.29) is 31.1 Å². The van der Waals surface area contributed by atoms with E-state index in [4.69, 9.17) is 15.6 Å². The molecule has 2 aromatic carbocycles. The summed E-state index contributed by atoms with van der Waals surface area (Å²) in [5.41, 5.74) is -1.22. The largest absolute Gasteiger partial charge is 0.478 e. The number of carboxylic acids is 1. The third-order valence-corrected chi connectivity index (χ3v) is 3.82. The van der Waals surface area contributed by atoms with Gasteiger partial charge in [0, 0.05) is 12.1 Å². The van der Waals surface area contributed by atoms with Gasteiger partial charge in [0.2, 0.25) is 0 Å². The number of nitro benzene ring substituents is 2. The van der Waals surface area contributed by atoms with Crippen molar-refractivity contribution in [1.29, 1.82) is 0 Å². The van der Waals surface area contributed by atoms with Gasteiger partial charge >= 0.3 is 11.9 Å². The maximum absolute atomic E-state index is 11.5. The van der Waals surface area contributed by atoms with Crippen LogP contribution in [0.5, 0.6) is 0 Å². The third-order valence-electron chi connectivity index (χ3n) is 3.82. The molecular formula is C18H18N2O12. The molecule has 0 bridgehead atoms. The Morgan fingerprint density at radius 3 is 2.00 bits per heavy atom. The minimum Gasteiger partial charge on any atom is -0.478 e. The lowest BCUT2D eigenvalue weighted by atomic mass is 10.1. The van der Waals surface area contributed by atoms with E-state index >= 15 is 0 Å². The van der Waals surface area contributed by atoms with Gasteiger partial charge in [-0.3, -0.25) is 30.7 Å². The fourth-order valence-electron chi connectivity index (χ4n) is 2.52. The molecule has 0 unspecified atom stereocenters. The number of hydrogen-bond acceptors (Lipinski definition) is 11. The number of nitrogens with zero attached hydrogens (tertiary/aromatic N) is 2. The number of ether oxygens (including phenoxy) is 1. The smallest absolute Gasteiger partial charge is 0.346 e. The lowest BCUT2D eigenvalue weighted by Crippen LogP contribution is -2.14. The average Bonchev–Trinajstić information content (AvgIpc) is 2.75. The van der Waals surface area contributed by atoms with Crippen molar-refractivity contribution in [3.63, 3.8) is 0 Å². The normalized spacial score (nSPS) is 9.97. The second kappa shape index (κ2) is 12.7. The Kier molecular flexibility index (Phi) is 10.3. The summed E-state index contributed by atoms with van der Waals surface area (Å²) in [4.78, 5) is 50.0. The summed E-state index contributed by atoms with van der Waals surface area (Å²) >= 11 is 0. The molecule has 0 aromatic heterocycles. The van der Waals surface area contributed by atoms with Crippen molar-refractivity contribution >= 4 is 23.3 Å². The van der Waals surface area contributed by atoms with E-state index in [1.54, 1.807) is 0 Å². The van der Waals surface area contributed by atoms with Gasteiger partial charge in [-0.05, 0) is 18.6 Å². The molecule has 172 valence electrons. The zero-order valence-electron chi connectivity index (χ0n) is 16.5. The van der Waals surface area contributed by atoms with Gasteiger partial charge < -0.3 is 9.84 Å².